The number of halogens is 1. The second kappa shape index (κ2) is 6.34. The molecule has 2 rings (SSSR count). The van der Waals surface area contributed by atoms with Crippen molar-refractivity contribution in [2.45, 2.75) is 20.0 Å². The molecule has 0 amide bonds. The second-order valence-electron chi connectivity index (χ2n) is 4.58. The average Bonchev–Trinajstić information content (AvgIpc) is 2.40. The molecule has 0 fully saturated rings. The van der Waals surface area contributed by atoms with Crippen molar-refractivity contribution in [3.05, 3.63) is 65.0 Å². The molecular formula is C16H18FNO. The van der Waals surface area contributed by atoms with E-state index < -0.39 is 0 Å². The van der Waals surface area contributed by atoms with Gasteiger partial charge in [-0.2, -0.15) is 0 Å². The van der Waals surface area contributed by atoms with Crippen molar-refractivity contribution in [2.75, 3.05) is 6.54 Å². The zero-order chi connectivity index (χ0) is 13.7. The van der Waals surface area contributed by atoms with E-state index in [4.69, 9.17) is 10.5 Å². The van der Waals surface area contributed by atoms with Gasteiger partial charge in [-0.05, 0) is 43.1 Å². The van der Waals surface area contributed by atoms with E-state index in [-0.39, 0.29) is 11.6 Å². The maximum Gasteiger partial charge on any atom is 0.165 e. The van der Waals surface area contributed by atoms with Crippen molar-refractivity contribution < 1.29 is 9.13 Å². The first-order valence-corrected chi connectivity index (χ1v) is 6.36. The third-order valence-electron chi connectivity index (χ3n) is 2.94. The Morgan fingerprint density at radius 2 is 1.74 bits per heavy atom. The van der Waals surface area contributed by atoms with Crippen LogP contribution in [0.15, 0.2) is 42.5 Å². The highest BCUT2D eigenvalue weighted by molar-refractivity contribution is 5.30. The summed E-state index contributed by atoms with van der Waals surface area (Å²) in [7, 11) is 0. The van der Waals surface area contributed by atoms with Crippen LogP contribution in [0.2, 0.25) is 0 Å². The normalized spacial score (nSPS) is 10.5. The van der Waals surface area contributed by atoms with E-state index in [9.17, 15) is 4.39 Å². The summed E-state index contributed by atoms with van der Waals surface area (Å²) in [6, 6.07) is 13.0. The number of nitrogens with two attached hydrogens (primary N) is 1. The summed E-state index contributed by atoms with van der Waals surface area (Å²) in [6.07, 6.45) is 0.676. The summed E-state index contributed by atoms with van der Waals surface area (Å²) >= 11 is 0. The van der Waals surface area contributed by atoms with Crippen LogP contribution in [0.3, 0.4) is 0 Å². The molecule has 0 heterocycles. The van der Waals surface area contributed by atoms with Crippen LogP contribution < -0.4 is 10.5 Å². The van der Waals surface area contributed by atoms with Crippen LogP contribution in [0.4, 0.5) is 4.39 Å². The van der Waals surface area contributed by atoms with Gasteiger partial charge in [0.1, 0.15) is 6.61 Å². The molecule has 3 heteroatoms. The van der Waals surface area contributed by atoms with E-state index in [1.807, 2.05) is 37.3 Å². The van der Waals surface area contributed by atoms with E-state index in [0.29, 0.717) is 19.6 Å². The molecule has 0 aromatic heterocycles. The van der Waals surface area contributed by atoms with Crippen LogP contribution >= 0.6 is 0 Å². The van der Waals surface area contributed by atoms with Gasteiger partial charge in [0.2, 0.25) is 0 Å². The third-order valence-corrected chi connectivity index (χ3v) is 2.94. The number of rotatable bonds is 5. The number of hydrogen-bond acceptors (Lipinski definition) is 2. The van der Waals surface area contributed by atoms with Gasteiger partial charge in [0, 0.05) is 0 Å². The summed E-state index contributed by atoms with van der Waals surface area (Å²) in [6.45, 7) is 2.91. The van der Waals surface area contributed by atoms with Crippen molar-refractivity contribution in [1.29, 1.82) is 0 Å². The van der Waals surface area contributed by atoms with Gasteiger partial charge < -0.3 is 10.5 Å². The van der Waals surface area contributed by atoms with E-state index in [1.165, 1.54) is 11.6 Å². The molecular weight excluding hydrogens is 241 g/mol. The lowest BCUT2D eigenvalue weighted by Crippen LogP contribution is -2.03. The summed E-state index contributed by atoms with van der Waals surface area (Å²) in [5.41, 5.74) is 8.55. The predicted molar refractivity (Wildman–Crippen MR) is 74.7 cm³/mol. The zero-order valence-electron chi connectivity index (χ0n) is 11.0. The summed E-state index contributed by atoms with van der Waals surface area (Å²) < 4.78 is 19.3. The van der Waals surface area contributed by atoms with Crippen LogP contribution in [0, 0.1) is 12.7 Å². The highest BCUT2D eigenvalue weighted by Crippen LogP contribution is 2.20. The molecule has 0 atom stereocenters. The Bertz CT molecular complexity index is 537. The second-order valence-corrected chi connectivity index (χ2v) is 4.58. The topological polar surface area (TPSA) is 35.2 Å². The lowest BCUT2D eigenvalue weighted by Gasteiger charge is -2.09. The van der Waals surface area contributed by atoms with Gasteiger partial charge in [-0.1, -0.05) is 35.9 Å². The highest BCUT2D eigenvalue weighted by atomic mass is 19.1. The minimum absolute atomic E-state index is 0.279. The molecule has 2 nitrogen and oxygen atoms in total. The van der Waals surface area contributed by atoms with Gasteiger partial charge in [-0.25, -0.2) is 4.39 Å². The van der Waals surface area contributed by atoms with E-state index >= 15 is 0 Å². The van der Waals surface area contributed by atoms with Crippen LogP contribution in [0.25, 0.3) is 0 Å². The molecule has 0 bridgehead atoms. The Labute approximate surface area is 113 Å². The minimum atomic E-state index is -0.335. The molecule has 0 aliphatic rings. The van der Waals surface area contributed by atoms with Gasteiger partial charge in [0.15, 0.2) is 11.6 Å². The Hall–Kier alpha value is -1.87. The van der Waals surface area contributed by atoms with Gasteiger partial charge in [-0.15, -0.1) is 0 Å². The maximum atomic E-state index is 13.8. The van der Waals surface area contributed by atoms with E-state index in [1.54, 1.807) is 6.07 Å². The molecule has 0 unspecified atom stereocenters. The van der Waals surface area contributed by atoms with Gasteiger partial charge in [0.25, 0.3) is 0 Å². The van der Waals surface area contributed by atoms with Crippen molar-refractivity contribution >= 4 is 0 Å². The summed E-state index contributed by atoms with van der Waals surface area (Å²) in [4.78, 5) is 0. The fourth-order valence-corrected chi connectivity index (χ4v) is 1.83. The summed E-state index contributed by atoms with van der Waals surface area (Å²) in [5, 5.41) is 0. The molecule has 0 aliphatic heterocycles. The van der Waals surface area contributed by atoms with Crippen LogP contribution in [-0.4, -0.2) is 6.54 Å². The maximum absolute atomic E-state index is 13.8. The lowest BCUT2D eigenvalue weighted by molar-refractivity contribution is 0.290. The van der Waals surface area contributed by atoms with Crippen LogP contribution in [0.5, 0.6) is 5.75 Å². The van der Waals surface area contributed by atoms with Crippen molar-refractivity contribution in [3.63, 3.8) is 0 Å². The SMILES string of the molecule is Cc1ccc(COc2ccc(CCN)cc2F)cc1. The van der Waals surface area contributed by atoms with Gasteiger partial charge in [0.05, 0.1) is 0 Å². The monoisotopic (exact) mass is 259 g/mol. The fourth-order valence-electron chi connectivity index (χ4n) is 1.83. The third kappa shape index (κ3) is 3.80. The smallest absolute Gasteiger partial charge is 0.165 e. The Morgan fingerprint density at radius 1 is 1.05 bits per heavy atom. The largest absolute Gasteiger partial charge is 0.486 e. The Balaban J connectivity index is 2.01. The molecule has 0 saturated heterocycles. The molecule has 0 radical (unpaired) electrons. The number of aryl methyl sites for hydroxylation is 1. The van der Waals surface area contributed by atoms with Gasteiger partial charge in [-0.3, -0.25) is 0 Å². The average molecular weight is 259 g/mol. The number of hydrogen-bond donors (Lipinski definition) is 1. The molecule has 0 saturated carbocycles. The van der Waals surface area contributed by atoms with E-state index in [2.05, 4.69) is 0 Å². The quantitative estimate of drug-likeness (QED) is 0.894. The molecule has 2 aromatic carbocycles. The number of ether oxygens (including phenoxy) is 1. The number of benzene rings is 2. The van der Waals surface area contributed by atoms with Crippen molar-refractivity contribution in [1.82, 2.24) is 0 Å². The zero-order valence-corrected chi connectivity index (χ0v) is 11.0. The first-order valence-electron chi connectivity index (χ1n) is 6.36. The molecule has 2 aromatic rings. The van der Waals surface area contributed by atoms with Gasteiger partial charge >= 0.3 is 0 Å². The van der Waals surface area contributed by atoms with E-state index in [0.717, 1.165) is 11.1 Å². The summed E-state index contributed by atoms with van der Waals surface area (Å²) in [5.74, 6) is -0.0561. The first kappa shape index (κ1) is 13.6. The minimum Gasteiger partial charge on any atom is -0.486 e. The highest BCUT2D eigenvalue weighted by Gasteiger charge is 2.05. The molecule has 0 spiro atoms. The van der Waals surface area contributed by atoms with Crippen LogP contribution in [-0.2, 0) is 13.0 Å². The first-order chi connectivity index (χ1) is 9.19. The predicted octanol–water partition coefficient (Wildman–Crippen LogP) is 3.21. The Kier molecular flexibility index (Phi) is 4.53. The lowest BCUT2D eigenvalue weighted by atomic mass is 10.1. The molecule has 2 N–H and O–H groups in total. The molecule has 100 valence electrons. The molecule has 19 heavy (non-hydrogen) atoms. The standard InChI is InChI=1S/C16H18FNO/c1-12-2-4-14(5-3-12)11-19-16-7-6-13(8-9-18)10-15(16)17/h2-7,10H,8-9,11,18H2,1H3. The van der Waals surface area contributed by atoms with Crippen LogP contribution in [0.1, 0.15) is 16.7 Å². The van der Waals surface area contributed by atoms with Crippen molar-refractivity contribution in [2.24, 2.45) is 5.73 Å². The Morgan fingerprint density at radius 3 is 2.37 bits per heavy atom. The fraction of sp³-hybridized carbons (Fsp3) is 0.250. The molecule has 0 aliphatic carbocycles. The van der Waals surface area contributed by atoms with Crippen molar-refractivity contribution in [3.8, 4) is 5.75 Å².